The third-order valence-electron chi connectivity index (χ3n) is 7.14. The van der Waals surface area contributed by atoms with E-state index in [4.69, 9.17) is 0 Å². The average Bonchev–Trinajstić information content (AvgIpc) is 3.37. The Balaban J connectivity index is 1.39. The Hall–Kier alpha value is -3.95. The fraction of sp³-hybridized carbons (Fsp3) is 0.200. The van der Waals surface area contributed by atoms with Gasteiger partial charge in [-0.1, -0.05) is 88.8 Å². The van der Waals surface area contributed by atoms with Crippen molar-refractivity contribution in [3.63, 3.8) is 0 Å². The summed E-state index contributed by atoms with van der Waals surface area (Å²) in [4.78, 5) is 55.5. The fourth-order valence-corrected chi connectivity index (χ4v) is 7.98. The zero-order valence-electron chi connectivity index (χ0n) is 21.3. The lowest BCUT2D eigenvalue weighted by atomic mass is 9.83. The standard InChI is InChI=1S/C30H25N3O4S2/c1-17-8-12-20(13-9-17)31-22(34)16-32-29-26(39-30(32)37)23(19-6-4-3-5-7-19)24-25(38-29)28(36)33(27(24)35)21-14-10-18(2)11-15-21/h3-15,23-25H,16H2,1-2H3,(H,31,34)/t23-,24-,25+/m0/s1. The van der Waals surface area contributed by atoms with E-state index in [9.17, 15) is 19.2 Å². The van der Waals surface area contributed by atoms with Crippen LogP contribution in [0.1, 0.15) is 27.5 Å². The van der Waals surface area contributed by atoms with E-state index in [-0.39, 0.29) is 29.1 Å². The van der Waals surface area contributed by atoms with Crippen LogP contribution >= 0.6 is 23.1 Å². The van der Waals surface area contributed by atoms with Gasteiger partial charge in [-0.25, -0.2) is 4.90 Å². The molecular weight excluding hydrogens is 530 g/mol. The number of nitrogens with one attached hydrogen (secondary N) is 1. The normalized spacial score (nSPS) is 20.1. The van der Waals surface area contributed by atoms with E-state index in [1.54, 1.807) is 12.1 Å². The molecule has 3 atom stereocenters. The number of rotatable bonds is 5. The number of imide groups is 1. The molecule has 2 aliphatic rings. The third-order valence-corrected chi connectivity index (χ3v) is 9.74. The average molecular weight is 556 g/mol. The molecule has 0 bridgehead atoms. The molecule has 1 N–H and O–H groups in total. The van der Waals surface area contributed by atoms with E-state index in [0.29, 0.717) is 21.3 Å². The van der Waals surface area contributed by atoms with E-state index in [1.807, 2.05) is 80.6 Å². The van der Waals surface area contributed by atoms with E-state index in [0.717, 1.165) is 28.0 Å². The molecule has 1 aromatic heterocycles. The predicted octanol–water partition coefficient (Wildman–Crippen LogP) is 4.96. The number of thiazole rings is 1. The third kappa shape index (κ3) is 4.51. The number of fused-ring (bicyclic) bond motifs is 2. The summed E-state index contributed by atoms with van der Waals surface area (Å²) in [6.07, 6.45) is 0. The van der Waals surface area contributed by atoms with E-state index < -0.39 is 17.1 Å². The number of aromatic nitrogens is 1. The lowest BCUT2D eigenvalue weighted by molar-refractivity contribution is -0.122. The van der Waals surface area contributed by atoms with Crippen molar-refractivity contribution in [2.75, 3.05) is 10.2 Å². The number of nitrogens with zero attached hydrogens (tertiary/aromatic N) is 2. The second kappa shape index (κ2) is 9.98. The predicted molar refractivity (Wildman–Crippen MR) is 153 cm³/mol. The molecule has 3 aromatic carbocycles. The fourth-order valence-electron chi connectivity index (χ4n) is 5.20. The van der Waals surface area contributed by atoms with Gasteiger partial charge in [0.25, 0.3) is 0 Å². The van der Waals surface area contributed by atoms with Crippen LogP contribution in [0.25, 0.3) is 0 Å². The maximum Gasteiger partial charge on any atom is 0.308 e. The lowest BCUT2D eigenvalue weighted by Gasteiger charge is -2.30. The van der Waals surface area contributed by atoms with Crippen molar-refractivity contribution in [2.45, 2.75) is 36.6 Å². The van der Waals surface area contributed by atoms with Crippen molar-refractivity contribution in [3.05, 3.63) is 110 Å². The first-order valence-corrected chi connectivity index (χ1v) is 14.3. The molecule has 3 amide bonds. The molecule has 1 saturated heterocycles. The zero-order valence-corrected chi connectivity index (χ0v) is 22.9. The Morgan fingerprint density at radius 2 is 1.49 bits per heavy atom. The van der Waals surface area contributed by atoms with Gasteiger partial charge in [-0.15, -0.1) is 0 Å². The van der Waals surface area contributed by atoms with Crippen LogP contribution in [-0.4, -0.2) is 27.5 Å². The molecule has 0 radical (unpaired) electrons. The number of carbonyl (C=O) groups is 3. The summed E-state index contributed by atoms with van der Waals surface area (Å²) in [7, 11) is 0. The minimum atomic E-state index is -0.711. The van der Waals surface area contributed by atoms with Crippen LogP contribution in [0.15, 0.2) is 88.7 Å². The SMILES string of the molecule is Cc1ccc(NC(=O)Cn2c3c(sc2=O)[C@@H](c2ccccc2)[C@@H]2C(=O)N(c4ccc(C)cc4)C(=O)[C@@H]2S3)cc1. The summed E-state index contributed by atoms with van der Waals surface area (Å²) >= 11 is 2.26. The van der Waals surface area contributed by atoms with Crippen LogP contribution in [0.5, 0.6) is 0 Å². The number of amides is 3. The summed E-state index contributed by atoms with van der Waals surface area (Å²) in [6.45, 7) is 3.73. The van der Waals surface area contributed by atoms with Crippen molar-refractivity contribution in [1.29, 1.82) is 0 Å². The highest BCUT2D eigenvalue weighted by molar-refractivity contribution is 8.00. The van der Waals surface area contributed by atoms with Gasteiger partial charge in [-0.2, -0.15) is 0 Å². The summed E-state index contributed by atoms with van der Waals surface area (Å²) in [5.41, 5.74) is 4.14. The number of benzene rings is 3. The van der Waals surface area contributed by atoms with Gasteiger partial charge < -0.3 is 5.32 Å². The molecule has 9 heteroatoms. The van der Waals surface area contributed by atoms with Crippen molar-refractivity contribution in [1.82, 2.24) is 4.57 Å². The first-order valence-electron chi connectivity index (χ1n) is 12.6. The highest BCUT2D eigenvalue weighted by Crippen LogP contribution is 2.53. The van der Waals surface area contributed by atoms with Crippen molar-refractivity contribution in [2.24, 2.45) is 5.92 Å². The molecule has 2 aliphatic heterocycles. The van der Waals surface area contributed by atoms with E-state index >= 15 is 0 Å². The van der Waals surface area contributed by atoms with Crippen LogP contribution < -0.4 is 15.1 Å². The largest absolute Gasteiger partial charge is 0.325 e. The Morgan fingerprint density at radius 3 is 2.15 bits per heavy atom. The molecule has 0 saturated carbocycles. The molecule has 7 nitrogen and oxygen atoms in total. The molecule has 0 aliphatic carbocycles. The van der Waals surface area contributed by atoms with Gasteiger partial charge in [0.1, 0.15) is 11.8 Å². The smallest absolute Gasteiger partial charge is 0.308 e. The maximum absolute atomic E-state index is 13.9. The number of anilines is 2. The summed E-state index contributed by atoms with van der Waals surface area (Å²) in [5, 5.41) is 2.71. The van der Waals surface area contributed by atoms with Gasteiger partial charge >= 0.3 is 4.87 Å². The Kier molecular flexibility index (Phi) is 6.48. The van der Waals surface area contributed by atoms with Gasteiger partial charge in [0, 0.05) is 16.5 Å². The lowest BCUT2D eigenvalue weighted by Crippen LogP contribution is -2.33. The van der Waals surface area contributed by atoms with Crippen LogP contribution in [0, 0.1) is 19.8 Å². The molecule has 1 fully saturated rings. The van der Waals surface area contributed by atoms with Gasteiger partial charge in [0.15, 0.2) is 0 Å². The van der Waals surface area contributed by atoms with Gasteiger partial charge in [-0.05, 0) is 43.7 Å². The highest BCUT2D eigenvalue weighted by Gasteiger charge is 2.56. The number of aryl methyl sites for hydroxylation is 2. The molecule has 0 spiro atoms. The molecule has 39 heavy (non-hydrogen) atoms. The Morgan fingerprint density at radius 1 is 0.846 bits per heavy atom. The van der Waals surface area contributed by atoms with Crippen LogP contribution in [-0.2, 0) is 20.9 Å². The van der Waals surface area contributed by atoms with Crippen LogP contribution in [0.4, 0.5) is 11.4 Å². The number of carbonyl (C=O) groups excluding carboxylic acids is 3. The number of hydrogen-bond donors (Lipinski definition) is 1. The highest BCUT2D eigenvalue weighted by atomic mass is 32.2. The molecule has 6 rings (SSSR count). The van der Waals surface area contributed by atoms with Crippen LogP contribution in [0.3, 0.4) is 0 Å². The molecule has 0 unspecified atom stereocenters. The Bertz CT molecular complexity index is 1640. The quantitative estimate of drug-likeness (QED) is 0.352. The second-order valence-electron chi connectivity index (χ2n) is 9.84. The molecule has 3 heterocycles. The summed E-state index contributed by atoms with van der Waals surface area (Å²) in [5.74, 6) is -2.05. The summed E-state index contributed by atoms with van der Waals surface area (Å²) in [6, 6.07) is 24.3. The molecular formula is C30H25N3O4S2. The maximum atomic E-state index is 13.9. The van der Waals surface area contributed by atoms with Crippen molar-refractivity contribution in [3.8, 4) is 0 Å². The molecule has 196 valence electrons. The minimum absolute atomic E-state index is 0.186. The number of hydrogen-bond acceptors (Lipinski definition) is 6. The Labute approximate surface area is 233 Å². The van der Waals surface area contributed by atoms with Gasteiger partial charge in [-0.3, -0.25) is 23.7 Å². The van der Waals surface area contributed by atoms with Crippen LogP contribution in [0.2, 0.25) is 0 Å². The topological polar surface area (TPSA) is 88.5 Å². The first-order chi connectivity index (χ1) is 18.8. The molecule has 4 aromatic rings. The van der Waals surface area contributed by atoms with Crippen molar-refractivity contribution < 1.29 is 14.4 Å². The van der Waals surface area contributed by atoms with E-state index in [2.05, 4.69) is 5.32 Å². The monoisotopic (exact) mass is 555 g/mol. The second-order valence-corrected chi connectivity index (χ2v) is 12.0. The van der Waals surface area contributed by atoms with Gasteiger partial charge in [0.05, 0.1) is 16.6 Å². The minimum Gasteiger partial charge on any atom is -0.325 e. The first kappa shape index (κ1) is 25.3. The van der Waals surface area contributed by atoms with Gasteiger partial charge in [0.2, 0.25) is 17.7 Å². The van der Waals surface area contributed by atoms with Crippen molar-refractivity contribution >= 4 is 52.2 Å². The summed E-state index contributed by atoms with van der Waals surface area (Å²) < 4.78 is 1.44. The number of thioether (sulfide) groups is 1. The van der Waals surface area contributed by atoms with E-state index in [1.165, 1.54) is 21.2 Å². The zero-order chi connectivity index (χ0) is 27.3.